The summed E-state index contributed by atoms with van der Waals surface area (Å²) in [4.78, 5) is 0. The van der Waals surface area contributed by atoms with E-state index in [1.807, 2.05) is 6.92 Å². The van der Waals surface area contributed by atoms with Gasteiger partial charge in [-0.3, -0.25) is 0 Å². The summed E-state index contributed by atoms with van der Waals surface area (Å²) in [5.74, 6) is 0.510. The van der Waals surface area contributed by atoms with Crippen LogP contribution in [0.25, 0.3) is 0 Å². The number of hydrogen-bond acceptors (Lipinski definition) is 3. The number of aromatic hydroxyl groups is 1. The Morgan fingerprint density at radius 2 is 0.826 bits per heavy atom. The van der Waals surface area contributed by atoms with Crippen molar-refractivity contribution in [2.45, 2.75) is 233 Å². The van der Waals surface area contributed by atoms with E-state index in [0.29, 0.717) is 17.4 Å². The van der Waals surface area contributed by atoms with Crippen LogP contribution < -0.4 is 0 Å². The van der Waals surface area contributed by atoms with E-state index < -0.39 is 0 Å². The molecule has 0 aliphatic rings. The highest BCUT2D eigenvalue weighted by molar-refractivity contribution is 7.80. The van der Waals surface area contributed by atoms with Gasteiger partial charge in [-0.1, -0.05) is 196 Å². The Bertz CT molecular complexity index is 841. The minimum Gasteiger partial charge on any atom is -0.507 e. The van der Waals surface area contributed by atoms with Gasteiger partial charge in [-0.15, -0.1) is 0 Å². The van der Waals surface area contributed by atoms with Gasteiger partial charge in [-0.2, -0.15) is 0 Å². The number of hydrogen-bond donors (Lipinski definition) is 1. The fraction of sp³-hybridized carbons (Fsp3) is 0.837. The van der Waals surface area contributed by atoms with Crippen LogP contribution in [0, 0.1) is 0 Å². The Hall–Kier alpha value is -1.09. The van der Waals surface area contributed by atoms with Gasteiger partial charge in [0.15, 0.2) is 5.05 Å². The molecule has 0 radical (unpaired) electrons. The summed E-state index contributed by atoms with van der Waals surface area (Å²) in [5, 5.41) is 12.3. The number of phenols is 1. The van der Waals surface area contributed by atoms with Crippen molar-refractivity contribution in [3.8, 4) is 5.75 Å². The van der Waals surface area contributed by atoms with Gasteiger partial charge < -0.3 is 9.84 Å². The van der Waals surface area contributed by atoms with E-state index in [1.165, 1.54) is 154 Å². The normalized spacial score (nSPS) is 12.2. The van der Waals surface area contributed by atoms with Crippen molar-refractivity contribution in [2.24, 2.45) is 0 Å². The van der Waals surface area contributed by atoms with Crippen molar-refractivity contribution in [2.75, 3.05) is 0 Å². The zero-order chi connectivity index (χ0) is 34.1. The first-order valence-electron chi connectivity index (χ1n) is 20.1. The summed E-state index contributed by atoms with van der Waals surface area (Å²) in [6.45, 7) is 16.2. The monoisotopic (exact) mass is 659 g/mol. The molecule has 1 aromatic rings. The second kappa shape index (κ2) is 25.9. The van der Waals surface area contributed by atoms with Crippen molar-refractivity contribution >= 4 is 17.3 Å². The van der Waals surface area contributed by atoms with Gasteiger partial charge in [0.25, 0.3) is 0 Å². The molecule has 0 aromatic heterocycles. The third-order valence-electron chi connectivity index (χ3n) is 10.4. The molecule has 3 heteroatoms. The van der Waals surface area contributed by atoms with Gasteiger partial charge in [-0.25, -0.2) is 0 Å². The SMILES string of the molecule is CCCCCCCCCCCCCCC(C)(C)c1cc(COC(C)=S)cc(C(C)(C)CCCCCCCCCCCCCC)c1O. The summed E-state index contributed by atoms with van der Waals surface area (Å²) in [6, 6.07) is 4.38. The molecule has 0 saturated heterocycles. The lowest BCUT2D eigenvalue weighted by Gasteiger charge is -2.33. The van der Waals surface area contributed by atoms with Crippen LogP contribution in [-0.2, 0) is 22.2 Å². The molecule has 0 aliphatic heterocycles. The Balaban J connectivity index is 2.63. The quantitative estimate of drug-likeness (QED) is 0.0659. The summed E-state index contributed by atoms with van der Waals surface area (Å²) < 4.78 is 5.81. The van der Waals surface area contributed by atoms with Gasteiger partial charge >= 0.3 is 0 Å². The molecular formula is C43H78O2S. The van der Waals surface area contributed by atoms with E-state index >= 15 is 0 Å². The smallest absolute Gasteiger partial charge is 0.157 e. The van der Waals surface area contributed by atoms with E-state index in [4.69, 9.17) is 17.0 Å². The van der Waals surface area contributed by atoms with Crippen LogP contribution in [-0.4, -0.2) is 10.2 Å². The predicted octanol–water partition coefficient (Wildman–Crippen LogP) is 15.0. The minimum absolute atomic E-state index is 0.0911. The lowest BCUT2D eigenvalue weighted by molar-refractivity contribution is 0.296. The second-order valence-corrected chi connectivity index (χ2v) is 16.4. The number of ether oxygens (including phenoxy) is 1. The highest BCUT2D eigenvalue weighted by Gasteiger charge is 2.31. The zero-order valence-corrected chi connectivity index (χ0v) is 32.8. The molecule has 0 unspecified atom stereocenters. The van der Waals surface area contributed by atoms with Gasteiger partial charge in [0.05, 0.1) is 0 Å². The molecule has 0 heterocycles. The van der Waals surface area contributed by atoms with Gasteiger partial charge in [0.2, 0.25) is 0 Å². The summed E-state index contributed by atoms with van der Waals surface area (Å²) in [6.07, 6.45) is 35.0. The Morgan fingerprint density at radius 3 is 1.11 bits per heavy atom. The largest absolute Gasteiger partial charge is 0.507 e. The molecule has 0 saturated carbocycles. The summed E-state index contributed by atoms with van der Waals surface area (Å²) in [7, 11) is 0. The molecule has 0 spiro atoms. The van der Waals surface area contributed by atoms with Crippen molar-refractivity contribution in [3.63, 3.8) is 0 Å². The molecule has 0 aliphatic carbocycles. The maximum absolute atomic E-state index is 11.8. The predicted molar refractivity (Wildman–Crippen MR) is 209 cm³/mol. The molecule has 1 rings (SSSR count). The fourth-order valence-electron chi connectivity index (χ4n) is 7.08. The van der Waals surface area contributed by atoms with Gasteiger partial charge in [0, 0.05) is 18.1 Å². The second-order valence-electron chi connectivity index (χ2n) is 15.9. The van der Waals surface area contributed by atoms with Crippen molar-refractivity contribution in [1.29, 1.82) is 0 Å². The molecular weight excluding hydrogens is 581 g/mol. The Labute approximate surface area is 293 Å². The van der Waals surface area contributed by atoms with Crippen LogP contribution in [0.4, 0.5) is 0 Å². The lowest BCUT2D eigenvalue weighted by Crippen LogP contribution is -2.23. The molecule has 1 aromatic carbocycles. The molecule has 1 N–H and O–H groups in total. The maximum Gasteiger partial charge on any atom is 0.157 e. The van der Waals surface area contributed by atoms with E-state index in [9.17, 15) is 5.11 Å². The topological polar surface area (TPSA) is 29.5 Å². The highest BCUT2D eigenvalue weighted by atomic mass is 32.1. The molecule has 0 fully saturated rings. The van der Waals surface area contributed by atoms with Crippen LogP contribution in [0.1, 0.15) is 232 Å². The molecule has 0 bridgehead atoms. The first-order chi connectivity index (χ1) is 22.0. The summed E-state index contributed by atoms with van der Waals surface area (Å²) in [5.41, 5.74) is 3.10. The number of rotatable bonds is 30. The van der Waals surface area contributed by atoms with Gasteiger partial charge in [-0.05, 0) is 53.6 Å². The lowest BCUT2D eigenvalue weighted by atomic mass is 9.73. The zero-order valence-electron chi connectivity index (χ0n) is 32.0. The fourth-order valence-corrected chi connectivity index (χ4v) is 7.14. The van der Waals surface area contributed by atoms with E-state index in [2.05, 4.69) is 53.7 Å². The standard InChI is InChI=1S/C43H78O2S/c1-8-10-12-14-16-18-20-22-24-26-28-30-32-42(4,5)39-34-38(36-45-37(3)46)35-40(41(39)44)43(6,7)33-31-29-27-25-23-21-19-17-15-13-11-9-2/h34-35,44H,8-33,36H2,1-7H3. The molecule has 268 valence electrons. The molecule has 46 heavy (non-hydrogen) atoms. The van der Waals surface area contributed by atoms with E-state index in [-0.39, 0.29) is 10.8 Å². The van der Waals surface area contributed by atoms with Crippen molar-refractivity contribution in [3.05, 3.63) is 28.8 Å². The number of phenolic OH excluding ortho intramolecular Hbond substituents is 1. The molecule has 0 amide bonds. The number of thiocarbonyl (C=S) groups is 1. The van der Waals surface area contributed by atoms with Gasteiger partial charge in [0.1, 0.15) is 12.4 Å². The van der Waals surface area contributed by atoms with Crippen LogP contribution in [0.15, 0.2) is 12.1 Å². The number of unbranched alkanes of at least 4 members (excludes halogenated alkanes) is 22. The molecule has 0 atom stereocenters. The first kappa shape index (κ1) is 42.9. The van der Waals surface area contributed by atoms with Crippen molar-refractivity contribution in [1.82, 2.24) is 0 Å². The maximum atomic E-state index is 11.8. The highest BCUT2D eigenvalue weighted by Crippen LogP contribution is 2.44. The van der Waals surface area contributed by atoms with E-state index in [1.54, 1.807) is 0 Å². The van der Waals surface area contributed by atoms with Crippen LogP contribution in [0.2, 0.25) is 0 Å². The Morgan fingerprint density at radius 1 is 0.543 bits per heavy atom. The van der Waals surface area contributed by atoms with Crippen molar-refractivity contribution < 1.29 is 9.84 Å². The van der Waals surface area contributed by atoms with E-state index in [0.717, 1.165) is 29.5 Å². The summed E-state index contributed by atoms with van der Waals surface area (Å²) >= 11 is 5.23. The average molecular weight is 659 g/mol. The minimum atomic E-state index is -0.0911. The van der Waals surface area contributed by atoms with Crippen LogP contribution >= 0.6 is 12.2 Å². The first-order valence-corrected chi connectivity index (χ1v) is 20.5. The third-order valence-corrected chi connectivity index (χ3v) is 10.5. The Kier molecular flexibility index (Phi) is 24.1. The van der Waals surface area contributed by atoms with Crippen LogP contribution in [0.3, 0.4) is 0 Å². The number of benzene rings is 1. The average Bonchev–Trinajstić information content (AvgIpc) is 3.01. The van der Waals surface area contributed by atoms with Crippen LogP contribution in [0.5, 0.6) is 5.75 Å². The third kappa shape index (κ3) is 19.7. The molecule has 2 nitrogen and oxygen atoms in total.